The predicted octanol–water partition coefficient (Wildman–Crippen LogP) is 0.777. The van der Waals surface area contributed by atoms with E-state index in [0.29, 0.717) is 5.92 Å². The van der Waals surface area contributed by atoms with Crippen LogP contribution in [0.5, 0.6) is 0 Å². The van der Waals surface area contributed by atoms with Gasteiger partial charge in [-0.2, -0.15) is 0 Å². The molecular formula is C5H10O. The van der Waals surface area contributed by atoms with E-state index in [1.54, 1.807) is 0 Å². The third-order valence-corrected chi connectivity index (χ3v) is 1.57. The van der Waals surface area contributed by atoms with Crippen molar-refractivity contribution in [2.24, 2.45) is 5.92 Å². The van der Waals surface area contributed by atoms with Crippen LogP contribution in [0, 0.1) is 5.92 Å². The van der Waals surface area contributed by atoms with Gasteiger partial charge in [-0.1, -0.05) is 6.92 Å². The van der Waals surface area contributed by atoms with Gasteiger partial charge in [0.25, 0.3) is 0 Å². The highest BCUT2D eigenvalue weighted by Gasteiger charge is 2.23. The molecule has 1 aliphatic carbocycles. The molecule has 0 heterocycles. The Kier molecular flexibility index (Phi) is 0.845. The summed E-state index contributed by atoms with van der Waals surface area (Å²) in [5.74, 6) is 0.588. The molecular weight excluding hydrogens is 76.1 g/mol. The van der Waals surface area contributed by atoms with Gasteiger partial charge in [0.1, 0.15) is 0 Å². The Hall–Kier alpha value is -0.0400. The Balaban J connectivity index is 2.20. The predicted molar refractivity (Wildman–Crippen MR) is 24.4 cm³/mol. The third-order valence-electron chi connectivity index (χ3n) is 1.57. The van der Waals surface area contributed by atoms with Crippen molar-refractivity contribution < 1.29 is 5.11 Å². The van der Waals surface area contributed by atoms with Gasteiger partial charge in [-0.15, -0.1) is 0 Å². The van der Waals surface area contributed by atoms with Gasteiger partial charge in [0.2, 0.25) is 0 Å². The van der Waals surface area contributed by atoms with E-state index in [0.717, 1.165) is 6.42 Å². The summed E-state index contributed by atoms with van der Waals surface area (Å²) in [5, 5.41) is 8.72. The average Bonchev–Trinajstić information content (AvgIpc) is 1.61. The van der Waals surface area contributed by atoms with E-state index in [1.165, 1.54) is 6.42 Å². The van der Waals surface area contributed by atoms with Crippen molar-refractivity contribution >= 4 is 0 Å². The quantitative estimate of drug-likeness (QED) is 0.462. The highest BCUT2D eigenvalue weighted by Crippen LogP contribution is 2.25. The first-order chi connectivity index (χ1) is 2.80. The van der Waals surface area contributed by atoms with E-state index in [9.17, 15) is 0 Å². The van der Waals surface area contributed by atoms with E-state index in [-0.39, 0.29) is 6.10 Å². The van der Waals surface area contributed by atoms with Crippen LogP contribution in [0.25, 0.3) is 0 Å². The van der Waals surface area contributed by atoms with E-state index < -0.39 is 0 Å². The number of hydrogen-bond acceptors (Lipinski definition) is 1. The molecule has 0 radical (unpaired) electrons. The molecule has 0 aliphatic heterocycles. The minimum Gasteiger partial charge on any atom is -0.393 e. The zero-order chi connectivity index (χ0) is 4.57. The van der Waals surface area contributed by atoms with Gasteiger partial charge in [-0.05, 0) is 18.8 Å². The van der Waals surface area contributed by atoms with Gasteiger partial charge < -0.3 is 5.11 Å². The Labute approximate surface area is 38.0 Å². The van der Waals surface area contributed by atoms with Crippen LogP contribution in [0.3, 0.4) is 0 Å². The fraction of sp³-hybridized carbons (Fsp3) is 1.00. The Morgan fingerprint density at radius 3 is 2.00 bits per heavy atom. The molecule has 1 rings (SSSR count). The summed E-state index contributed by atoms with van der Waals surface area (Å²) in [6.07, 6.45) is 2.28. The molecule has 1 nitrogen and oxygen atoms in total. The molecule has 2 atom stereocenters. The van der Waals surface area contributed by atoms with Gasteiger partial charge >= 0.3 is 0 Å². The van der Waals surface area contributed by atoms with Gasteiger partial charge in [-0.3, -0.25) is 0 Å². The first-order valence-corrected chi connectivity index (χ1v) is 2.49. The molecule has 0 saturated heterocycles. The maximum atomic E-state index is 8.72. The minimum absolute atomic E-state index is 0.0324. The van der Waals surface area contributed by atoms with Gasteiger partial charge in [0, 0.05) is 0 Å². The van der Waals surface area contributed by atoms with Crippen molar-refractivity contribution in [3.63, 3.8) is 0 Å². The Morgan fingerprint density at radius 2 is 2.00 bits per heavy atom. The summed E-state index contributed by atoms with van der Waals surface area (Å²) >= 11 is 0. The number of aliphatic hydroxyl groups excluding tert-OH is 1. The van der Waals surface area contributed by atoms with Crippen LogP contribution < -0.4 is 0 Å². The van der Waals surface area contributed by atoms with Gasteiger partial charge in [0.05, 0.1) is 6.10 Å². The second-order valence-electron chi connectivity index (χ2n) is 2.12. The molecule has 1 fully saturated rings. The van der Waals surface area contributed by atoms with Crippen LogP contribution in [0.1, 0.15) is 19.8 Å². The first-order valence-electron chi connectivity index (χ1n) is 2.49. The van der Waals surface area contributed by atoms with E-state index in [2.05, 4.69) is 6.92 Å². The van der Waals surface area contributed by atoms with Crippen LogP contribution in [-0.4, -0.2) is 11.2 Å². The van der Waals surface area contributed by atoms with E-state index in [4.69, 9.17) is 5.11 Å². The summed E-state index contributed by atoms with van der Waals surface area (Å²) in [6, 6.07) is 0. The molecule has 1 N–H and O–H groups in total. The third kappa shape index (κ3) is 0.432. The zero-order valence-electron chi connectivity index (χ0n) is 4.02. The standard InChI is InChI=1S/C5H10O/c1-4-2-3-5(4)6/h4-6H,2-3H2,1H3/t4?,5-/m0/s1. The highest BCUT2D eigenvalue weighted by molar-refractivity contribution is 4.74. The lowest BCUT2D eigenvalue weighted by Gasteiger charge is -2.28. The second kappa shape index (κ2) is 1.23. The average molecular weight is 86.1 g/mol. The summed E-state index contributed by atoms with van der Waals surface area (Å²) in [7, 11) is 0. The van der Waals surface area contributed by atoms with Crippen molar-refractivity contribution in [3.05, 3.63) is 0 Å². The number of hydrogen-bond donors (Lipinski definition) is 1. The highest BCUT2D eigenvalue weighted by atomic mass is 16.3. The van der Waals surface area contributed by atoms with E-state index in [1.807, 2.05) is 0 Å². The van der Waals surface area contributed by atoms with Crippen molar-refractivity contribution in [1.29, 1.82) is 0 Å². The van der Waals surface area contributed by atoms with Crippen molar-refractivity contribution in [3.8, 4) is 0 Å². The molecule has 0 spiro atoms. The molecule has 0 aromatic carbocycles. The molecule has 0 aromatic rings. The fourth-order valence-electron chi connectivity index (χ4n) is 0.649. The molecule has 6 heavy (non-hydrogen) atoms. The molecule has 0 aromatic heterocycles. The molecule has 0 amide bonds. The second-order valence-corrected chi connectivity index (χ2v) is 2.12. The number of rotatable bonds is 0. The van der Waals surface area contributed by atoms with Crippen molar-refractivity contribution in [1.82, 2.24) is 0 Å². The number of aliphatic hydroxyl groups is 1. The minimum atomic E-state index is 0.0324. The normalized spacial score (nSPS) is 45.0. The molecule has 0 bridgehead atoms. The Morgan fingerprint density at radius 1 is 1.50 bits per heavy atom. The van der Waals surface area contributed by atoms with Crippen LogP contribution in [-0.2, 0) is 0 Å². The molecule has 1 unspecified atom stereocenters. The van der Waals surface area contributed by atoms with E-state index >= 15 is 0 Å². The molecule has 1 saturated carbocycles. The van der Waals surface area contributed by atoms with Crippen molar-refractivity contribution in [2.75, 3.05) is 0 Å². The molecule has 1 aliphatic rings. The van der Waals surface area contributed by atoms with Gasteiger partial charge in [-0.25, -0.2) is 0 Å². The summed E-state index contributed by atoms with van der Waals surface area (Å²) < 4.78 is 0. The monoisotopic (exact) mass is 86.1 g/mol. The lowest BCUT2D eigenvalue weighted by atomic mass is 9.84. The fourth-order valence-corrected chi connectivity index (χ4v) is 0.649. The largest absolute Gasteiger partial charge is 0.393 e. The lowest BCUT2D eigenvalue weighted by molar-refractivity contribution is 0.0346. The lowest BCUT2D eigenvalue weighted by Crippen LogP contribution is -2.27. The van der Waals surface area contributed by atoms with Crippen LogP contribution in [0.15, 0.2) is 0 Å². The summed E-state index contributed by atoms with van der Waals surface area (Å²) in [6.45, 7) is 2.08. The molecule has 1 heteroatoms. The first kappa shape index (κ1) is 4.13. The maximum Gasteiger partial charge on any atom is 0.0565 e. The van der Waals surface area contributed by atoms with Crippen LogP contribution in [0.2, 0.25) is 0 Å². The van der Waals surface area contributed by atoms with Crippen LogP contribution >= 0.6 is 0 Å². The Bertz CT molecular complexity index is 43.9. The maximum absolute atomic E-state index is 8.72. The van der Waals surface area contributed by atoms with Crippen molar-refractivity contribution in [2.45, 2.75) is 25.9 Å². The zero-order valence-corrected chi connectivity index (χ0v) is 4.02. The van der Waals surface area contributed by atoms with Gasteiger partial charge in [0.15, 0.2) is 0 Å². The summed E-state index contributed by atoms with van der Waals surface area (Å²) in [5.41, 5.74) is 0. The smallest absolute Gasteiger partial charge is 0.0565 e. The van der Waals surface area contributed by atoms with Crippen LogP contribution in [0.4, 0.5) is 0 Å². The topological polar surface area (TPSA) is 20.2 Å². The molecule has 36 valence electrons. The SMILES string of the molecule is CC1CC[C@@H]1O. The summed E-state index contributed by atoms with van der Waals surface area (Å²) in [4.78, 5) is 0.